The Kier molecular flexibility index (Phi) is 9.72. The molecule has 224 valence electrons. The number of nitrogens with zero attached hydrogens (tertiary/aromatic N) is 4. The van der Waals surface area contributed by atoms with E-state index < -0.39 is 11.7 Å². The average Bonchev–Trinajstić information content (AvgIpc) is 3.44. The van der Waals surface area contributed by atoms with E-state index in [1.807, 2.05) is 56.0 Å². The van der Waals surface area contributed by atoms with Crippen molar-refractivity contribution in [3.63, 3.8) is 0 Å². The predicted molar refractivity (Wildman–Crippen MR) is 168 cm³/mol. The molecular formula is C32H35FN6O2S2. The van der Waals surface area contributed by atoms with Crippen LogP contribution in [-0.4, -0.2) is 51.3 Å². The molecule has 0 aliphatic carbocycles. The Labute approximate surface area is 259 Å². The minimum atomic E-state index is -0.670. The van der Waals surface area contributed by atoms with Crippen LogP contribution < -0.4 is 10.6 Å². The maximum atomic E-state index is 15.6. The molecule has 1 aromatic carbocycles. The molecule has 5 rings (SSSR count). The molecule has 4 aromatic rings. The number of carbonyl (C=O) groups excluding carboxylic acids is 2. The van der Waals surface area contributed by atoms with Crippen LogP contribution in [0.3, 0.4) is 0 Å². The molecule has 2 N–H and O–H groups in total. The number of halogens is 1. The van der Waals surface area contributed by atoms with Gasteiger partial charge in [0.1, 0.15) is 5.82 Å². The summed E-state index contributed by atoms with van der Waals surface area (Å²) < 4.78 is 16.4. The molecule has 1 saturated heterocycles. The molecule has 2 amide bonds. The molecule has 3 aromatic heterocycles. The minimum absolute atomic E-state index is 0.164. The molecule has 0 saturated carbocycles. The number of anilines is 2. The van der Waals surface area contributed by atoms with Gasteiger partial charge in [-0.3, -0.25) is 9.59 Å². The fourth-order valence-corrected chi connectivity index (χ4v) is 7.07. The summed E-state index contributed by atoms with van der Waals surface area (Å²) in [5.41, 5.74) is 1.56. The minimum Gasteiger partial charge on any atom is -0.350 e. The van der Waals surface area contributed by atoms with Crippen LogP contribution in [0.15, 0.2) is 76.2 Å². The zero-order valence-electron chi connectivity index (χ0n) is 24.5. The number of pyridine rings is 2. The highest BCUT2D eigenvalue weighted by atomic mass is 32.2. The summed E-state index contributed by atoms with van der Waals surface area (Å²) in [6, 6.07) is 15.4. The van der Waals surface area contributed by atoms with Gasteiger partial charge < -0.3 is 15.5 Å². The number of aryl methyl sites for hydroxylation is 1. The van der Waals surface area contributed by atoms with Crippen LogP contribution in [-0.2, 0) is 10.2 Å². The molecule has 0 radical (unpaired) electrons. The molecule has 0 spiro atoms. The van der Waals surface area contributed by atoms with Crippen LogP contribution >= 0.6 is 23.1 Å². The van der Waals surface area contributed by atoms with Crippen molar-refractivity contribution in [2.45, 2.75) is 54.6 Å². The molecule has 0 bridgehead atoms. The Hall–Kier alpha value is -3.83. The SMILES string of the molecule is Cc1ccnc(Nc2ncc(Sc3ccnc(C(=O)NCC4(c5ccccc5)CCN(C(=O)CC(C)C)CC4)c3F)s2)c1. The second-order valence-electron chi connectivity index (χ2n) is 11.2. The average molecular weight is 619 g/mol. The van der Waals surface area contributed by atoms with Gasteiger partial charge in [-0.15, -0.1) is 0 Å². The van der Waals surface area contributed by atoms with Crippen molar-refractivity contribution in [1.82, 2.24) is 25.2 Å². The van der Waals surface area contributed by atoms with Gasteiger partial charge in [0.15, 0.2) is 16.6 Å². The number of benzene rings is 1. The first-order valence-electron chi connectivity index (χ1n) is 14.3. The van der Waals surface area contributed by atoms with Crippen molar-refractivity contribution in [2.75, 3.05) is 25.0 Å². The van der Waals surface area contributed by atoms with Crippen LogP contribution in [0.5, 0.6) is 0 Å². The quantitative estimate of drug-likeness (QED) is 0.206. The van der Waals surface area contributed by atoms with E-state index in [-0.39, 0.29) is 17.0 Å². The molecule has 1 aliphatic heterocycles. The number of likely N-dealkylation sites (tertiary alicyclic amines) is 1. The first-order chi connectivity index (χ1) is 20.7. The third kappa shape index (κ3) is 7.58. The van der Waals surface area contributed by atoms with Crippen LogP contribution in [0.1, 0.15) is 54.7 Å². The van der Waals surface area contributed by atoms with E-state index in [0.717, 1.165) is 15.3 Å². The maximum absolute atomic E-state index is 15.6. The zero-order valence-corrected chi connectivity index (χ0v) is 26.1. The Morgan fingerprint density at radius 3 is 2.53 bits per heavy atom. The Balaban J connectivity index is 1.26. The molecule has 8 nitrogen and oxygen atoms in total. The van der Waals surface area contributed by atoms with Gasteiger partial charge in [0.2, 0.25) is 5.91 Å². The lowest BCUT2D eigenvalue weighted by Crippen LogP contribution is -2.50. The highest BCUT2D eigenvalue weighted by Gasteiger charge is 2.38. The molecule has 1 aliphatic rings. The summed E-state index contributed by atoms with van der Waals surface area (Å²) in [4.78, 5) is 41.0. The lowest BCUT2D eigenvalue weighted by atomic mass is 9.72. The van der Waals surface area contributed by atoms with Crippen molar-refractivity contribution in [1.29, 1.82) is 0 Å². The molecule has 0 unspecified atom stereocenters. The van der Waals surface area contributed by atoms with E-state index in [1.165, 1.54) is 29.3 Å². The van der Waals surface area contributed by atoms with Gasteiger partial charge in [0.25, 0.3) is 5.91 Å². The summed E-state index contributed by atoms with van der Waals surface area (Å²) in [7, 11) is 0. The normalized spacial score (nSPS) is 14.5. The molecule has 0 atom stereocenters. The second kappa shape index (κ2) is 13.6. The predicted octanol–water partition coefficient (Wildman–Crippen LogP) is 6.61. The van der Waals surface area contributed by atoms with E-state index in [2.05, 4.69) is 37.7 Å². The van der Waals surface area contributed by atoms with Crippen LogP contribution in [0.4, 0.5) is 15.3 Å². The van der Waals surface area contributed by atoms with E-state index in [0.29, 0.717) is 60.7 Å². The first-order valence-corrected chi connectivity index (χ1v) is 15.9. The maximum Gasteiger partial charge on any atom is 0.273 e. The molecule has 1 fully saturated rings. The third-order valence-corrected chi connectivity index (χ3v) is 9.59. The van der Waals surface area contributed by atoms with E-state index in [1.54, 1.807) is 18.5 Å². The van der Waals surface area contributed by atoms with Gasteiger partial charge in [0.05, 0.1) is 15.3 Å². The first kappa shape index (κ1) is 30.6. The van der Waals surface area contributed by atoms with Gasteiger partial charge in [-0.1, -0.05) is 67.3 Å². The monoisotopic (exact) mass is 618 g/mol. The number of hydrogen-bond acceptors (Lipinski definition) is 8. The highest BCUT2D eigenvalue weighted by Crippen LogP contribution is 2.37. The van der Waals surface area contributed by atoms with Crippen molar-refractivity contribution < 1.29 is 14.0 Å². The fraction of sp³-hybridized carbons (Fsp3) is 0.344. The Morgan fingerprint density at radius 2 is 1.81 bits per heavy atom. The topological polar surface area (TPSA) is 100 Å². The number of rotatable bonds is 10. The van der Waals surface area contributed by atoms with E-state index >= 15 is 4.39 Å². The van der Waals surface area contributed by atoms with Crippen molar-refractivity contribution in [2.24, 2.45) is 5.92 Å². The number of aromatic nitrogens is 3. The highest BCUT2D eigenvalue weighted by molar-refractivity contribution is 8.01. The summed E-state index contributed by atoms with van der Waals surface area (Å²) in [6.45, 7) is 7.61. The number of nitrogens with one attached hydrogen (secondary N) is 2. The van der Waals surface area contributed by atoms with Crippen molar-refractivity contribution in [3.05, 3.63) is 89.8 Å². The van der Waals surface area contributed by atoms with Gasteiger partial charge in [-0.05, 0) is 55.0 Å². The van der Waals surface area contributed by atoms with Crippen molar-refractivity contribution >= 4 is 45.9 Å². The van der Waals surface area contributed by atoms with E-state index in [4.69, 9.17) is 0 Å². The number of thiazole rings is 1. The number of carbonyl (C=O) groups is 2. The van der Waals surface area contributed by atoms with Crippen LogP contribution in [0, 0.1) is 18.7 Å². The van der Waals surface area contributed by atoms with Crippen LogP contribution in [0.25, 0.3) is 0 Å². The summed E-state index contributed by atoms with van der Waals surface area (Å²) in [6.07, 6.45) is 6.76. The number of hydrogen-bond donors (Lipinski definition) is 2. The smallest absolute Gasteiger partial charge is 0.273 e. The standard InChI is InChI=1S/C32H35FN6O2S2/c1-21(2)17-26(40)39-15-11-32(12-16-39,23-7-5-4-6-8-23)20-37-30(41)29-28(33)24(10-14-35-29)42-27-19-36-31(43-27)38-25-18-22(3)9-13-34-25/h4-10,13-14,18-19,21H,11-12,15-17,20H2,1-3H3,(H,37,41)(H,34,36,38). The molecular weight excluding hydrogens is 584 g/mol. The van der Waals surface area contributed by atoms with Crippen molar-refractivity contribution in [3.8, 4) is 0 Å². The van der Waals surface area contributed by atoms with Gasteiger partial charge in [-0.25, -0.2) is 19.3 Å². The number of piperidine rings is 1. The molecule has 4 heterocycles. The summed E-state index contributed by atoms with van der Waals surface area (Å²) >= 11 is 2.56. The third-order valence-electron chi connectivity index (χ3n) is 7.54. The Bertz CT molecular complexity index is 1570. The summed E-state index contributed by atoms with van der Waals surface area (Å²) in [5, 5.41) is 6.77. The van der Waals surface area contributed by atoms with Crippen LogP contribution in [0.2, 0.25) is 0 Å². The second-order valence-corrected chi connectivity index (χ2v) is 13.6. The Morgan fingerprint density at radius 1 is 1.07 bits per heavy atom. The van der Waals surface area contributed by atoms with Gasteiger partial charge in [0, 0.05) is 43.9 Å². The van der Waals surface area contributed by atoms with E-state index in [9.17, 15) is 9.59 Å². The van der Waals surface area contributed by atoms with Gasteiger partial charge >= 0.3 is 0 Å². The molecule has 11 heteroatoms. The largest absolute Gasteiger partial charge is 0.350 e. The fourth-order valence-electron chi connectivity index (χ4n) is 5.20. The van der Waals surface area contributed by atoms with Gasteiger partial charge in [-0.2, -0.15) is 0 Å². The zero-order chi connectivity index (χ0) is 30.4. The lowest BCUT2D eigenvalue weighted by molar-refractivity contribution is -0.133. The molecule has 43 heavy (non-hydrogen) atoms. The summed E-state index contributed by atoms with van der Waals surface area (Å²) in [5.74, 6) is -0.0884. The lowest BCUT2D eigenvalue weighted by Gasteiger charge is -2.42. The number of amides is 2.